The Kier molecular flexibility index (Phi) is 15.8. The number of aliphatic imine (C=N–C) groups is 2. The van der Waals surface area contributed by atoms with Gasteiger partial charge in [0.1, 0.15) is 0 Å². The molecule has 0 aromatic heterocycles. The first-order valence-corrected chi connectivity index (χ1v) is 14.3. The number of rotatable bonds is 21. The molecule has 1 aliphatic heterocycles. The normalized spacial score (nSPS) is 14.8. The minimum absolute atomic E-state index is 0.493. The molecule has 2 unspecified atom stereocenters. The molecule has 2 nitrogen and oxygen atoms in total. The Hall–Kier alpha value is -1.57. The maximum absolute atomic E-state index is 4.60. The van der Waals surface area contributed by atoms with E-state index in [-0.39, 0.29) is 0 Å². The third-order valence-corrected chi connectivity index (χ3v) is 7.36. The second-order valence-corrected chi connectivity index (χ2v) is 10.1. The highest BCUT2D eigenvalue weighted by molar-refractivity contribution is 6.18. The molecule has 0 fully saturated rings. The van der Waals surface area contributed by atoms with Crippen LogP contribution < -0.4 is 0 Å². The average Bonchev–Trinajstić information content (AvgIpc) is 3.38. The largest absolute Gasteiger partial charge is 0.244 e. The summed E-state index contributed by atoms with van der Waals surface area (Å²) in [6.07, 6.45) is 29.7. The van der Waals surface area contributed by atoms with Crippen molar-refractivity contribution in [3.05, 3.63) is 42.1 Å². The van der Waals surface area contributed by atoms with E-state index in [0.29, 0.717) is 11.8 Å². The predicted octanol–water partition coefficient (Wildman–Crippen LogP) is 9.78. The molecule has 1 heterocycles. The molecule has 0 radical (unpaired) electrons. The van der Waals surface area contributed by atoms with Crippen molar-refractivity contribution in [3.8, 4) is 0 Å². The topological polar surface area (TPSA) is 24.7 Å². The second kappa shape index (κ2) is 18.8. The van der Waals surface area contributed by atoms with E-state index in [1.165, 1.54) is 115 Å². The van der Waals surface area contributed by atoms with Gasteiger partial charge in [-0.3, -0.25) is 0 Å². The van der Waals surface area contributed by atoms with Crippen molar-refractivity contribution in [2.45, 2.75) is 129 Å². The fraction of sp³-hybridized carbons (Fsp3) is 0.710. The summed E-state index contributed by atoms with van der Waals surface area (Å²) in [6.45, 7) is 4.63. The molecule has 0 amide bonds. The lowest BCUT2D eigenvalue weighted by Crippen LogP contribution is -2.21. The lowest BCUT2D eigenvalue weighted by Gasteiger charge is -2.24. The molecule has 1 aromatic rings. The lowest BCUT2D eigenvalue weighted by molar-refractivity contribution is 0.300. The van der Waals surface area contributed by atoms with Gasteiger partial charge in [0.2, 0.25) is 6.17 Å². The molecule has 184 valence electrons. The predicted molar refractivity (Wildman–Crippen MR) is 147 cm³/mol. The molecule has 1 aliphatic rings. The lowest BCUT2D eigenvalue weighted by atomic mass is 9.80. The third-order valence-electron chi connectivity index (χ3n) is 7.36. The minimum Gasteiger partial charge on any atom is -0.0965 e. The first-order chi connectivity index (χ1) is 16.3. The molecular formula is C31H51N2+. The summed E-state index contributed by atoms with van der Waals surface area (Å²) >= 11 is 0. The Morgan fingerprint density at radius 3 is 1.61 bits per heavy atom. The van der Waals surface area contributed by atoms with Gasteiger partial charge in [-0.1, -0.05) is 157 Å². The van der Waals surface area contributed by atoms with E-state index in [1.54, 1.807) is 0 Å². The molecule has 0 saturated carbocycles. The van der Waals surface area contributed by atoms with E-state index in [2.05, 4.69) is 54.2 Å². The van der Waals surface area contributed by atoms with Crippen LogP contribution in [0.25, 0.3) is 0 Å². The van der Waals surface area contributed by atoms with Crippen LogP contribution in [-0.4, -0.2) is 12.4 Å². The number of nitrogens with zero attached hydrogens (tertiary/aromatic N) is 2. The number of hydrogen-bond donors (Lipinski definition) is 0. The number of unbranched alkanes of at least 4 members (excludes halogenated alkanes) is 14. The molecule has 0 spiro atoms. The Morgan fingerprint density at radius 1 is 0.636 bits per heavy atom. The van der Waals surface area contributed by atoms with Crippen molar-refractivity contribution < 1.29 is 0 Å². The summed E-state index contributed by atoms with van der Waals surface area (Å²) < 4.78 is 0. The summed E-state index contributed by atoms with van der Waals surface area (Å²) in [5.74, 6) is 1.12. The monoisotopic (exact) mass is 451 g/mol. The van der Waals surface area contributed by atoms with Crippen molar-refractivity contribution in [1.29, 1.82) is 0 Å². The van der Waals surface area contributed by atoms with Gasteiger partial charge in [-0.05, 0) is 24.3 Å². The molecule has 2 heteroatoms. The van der Waals surface area contributed by atoms with Gasteiger partial charge in [-0.25, -0.2) is 0 Å². The van der Waals surface area contributed by atoms with E-state index in [0.717, 1.165) is 12.6 Å². The van der Waals surface area contributed by atoms with Gasteiger partial charge in [0.05, 0.1) is 5.92 Å². The highest BCUT2D eigenvalue weighted by Gasteiger charge is 2.34. The van der Waals surface area contributed by atoms with Gasteiger partial charge in [0.15, 0.2) is 12.4 Å². The first-order valence-electron chi connectivity index (χ1n) is 14.3. The Morgan fingerprint density at radius 2 is 1.12 bits per heavy atom. The zero-order valence-corrected chi connectivity index (χ0v) is 21.8. The maximum atomic E-state index is 4.60. The van der Waals surface area contributed by atoms with Crippen LogP contribution >= 0.6 is 0 Å². The quantitative estimate of drug-likeness (QED) is 0.131. The smallest absolute Gasteiger partial charge is 0.0965 e. The molecule has 0 bridgehead atoms. The summed E-state index contributed by atoms with van der Waals surface area (Å²) in [4.78, 5) is 9.21. The van der Waals surface area contributed by atoms with Gasteiger partial charge in [-0.15, -0.1) is 0 Å². The van der Waals surface area contributed by atoms with Crippen molar-refractivity contribution in [2.75, 3.05) is 0 Å². The summed E-state index contributed by atoms with van der Waals surface area (Å²) in [5.41, 5.74) is 1.44. The standard InChI is InChI=1S/C31H51N2/c1-3-5-6-7-8-9-10-11-12-13-14-15-16-17-21-24-30(31-32-25-26-33-31)29(4-2)27-28-22-19-18-20-23-28/h18-20,22-23,25-26,29-30H,3-17,21,24,27H2,1-2H3/q+1. The Labute approximate surface area is 205 Å². The van der Waals surface area contributed by atoms with E-state index in [9.17, 15) is 0 Å². The highest BCUT2D eigenvalue weighted by Crippen LogP contribution is 2.35. The van der Waals surface area contributed by atoms with Crippen molar-refractivity contribution in [3.63, 3.8) is 0 Å². The van der Waals surface area contributed by atoms with Gasteiger partial charge < -0.3 is 0 Å². The zero-order valence-electron chi connectivity index (χ0n) is 21.8. The van der Waals surface area contributed by atoms with E-state index >= 15 is 0 Å². The van der Waals surface area contributed by atoms with Gasteiger partial charge in [-0.2, -0.15) is 0 Å². The van der Waals surface area contributed by atoms with Crippen LogP contribution in [0, 0.1) is 18.0 Å². The fourth-order valence-corrected chi connectivity index (χ4v) is 5.24. The van der Waals surface area contributed by atoms with Crippen molar-refractivity contribution >= 4 is 12.4 Å². The molecule has 2 rings (SSSR count). The first kappa shape index (κ1) is 27.7. The van der Waals surface area contributed by atoms with Crippen LogP contribution in [0.4, 0.5) is 0 Å². The van der Waals surface area contributed by atoms with Crippen molar-refractivity contribution in [2.24, 2.45) is 21.8 Å². The van der Waals surface area contributed by atoms with E-state index in [1.807, 2.05) is 12.4 Å². The van der Waals surface area contributed by atoms with Gasteiger partial charge >= 0.3 is 0 Å². The molecule has 2 atom stereocenters. The fourth-order valence-electron chi connectivity index (χ4n) is 5.24. The molecule has 0 N–H and O–H groups in total. The summed E-state index contributed by atoms with van der Waals surface area (Å²) in [6, 6.07) is 11.0. The second-order valence-electron chi connectivity index (χ2n) is 10.1. The summed E-state index contributed by atoms with van der Waals surface area (Å²) in [7, 11) is 0. The average molecular weight is 452 g/mol. The Balaban J connectivity index is 1.54. The molecule has 0 aliphatic carbocycles. The number of benzene rings is 1. The van der Waals surface area contributed by atoms with E-state index < -0.39 is 0 Å². The van der Waals surface area contributed by atoms with E-state index in [4.69, 9.17) is 0 Å². The molecule has 0 saturated heterocycles. The maximum Gasteiger partial charge on any atom is 0.244 e. The van der Waals surface area contributed by atoms with Crippen LogP contribution in [0.2, 0.25) is 0 Å². The molecule has 33 heavy (non-hydrogen) atoms. The number of hydrogen-bond acceptors (Lipinski definition) is 2. The SMILES string of the molecule is CCCCCCCCCCCCCCCCCC([C+]1N=CC=N1)C(CC)Cc1ccccc1. The third kappa shape index (κ3) is 12.5. The van der Waals surface area contributed by atoms with Crippen LogP contribution in [0.15, 0.2) is 40.3 Å². The Bertz CT molecular complexity index is 609. The van der Waals surface area contributed by atoms with Crippen molar-refractivity contribution in [1.82, 2.24) is 0 Å². The zero-order chi connectivity index (χ0) is 23.4. The van der Waals surface area contributed by atoms with Gasteiger partial charge in [0.25, 0.3) is 0 Å². The van der Waals surface area contributed by atoms with Crippen LogP contribution in [-0.2, 0) is 6.42 Å². The molecule has 1 aromatic carbocycles. The van der Waals surface area contributed by atoms with Crippen LogP contribution in [0.3, 0.4) is 0 Å². The van der Waals surface area contributed by atoms with Crippen LogP contribution in [0.5, 0.6) is 0 Å². The minimum atomic E-state index is 0.493. The highest BCUT2D eigenvalue weighted by atomic mass is 15.0. The summed E-state index contributed by atoms with van der Waals surface area (Å²) in [5, 5.41) is 0. The van der Waals surface area contributed by atoms with Crippen LogP contribution in [0.1, 0.15) is 129 Å². The van der Waals surface area contributed by atoms with Gasteiger partial charge in [0, 0.05) is 0 Å². The molecular weight excluding hydrogens is 400 g/mol.